The summed E-state index contributed by atoms with van der Waals surface area (Å²) >= 11 is 1.71. The van der Waals surface area contributed by atoms with Crippen LogP contribution >= 0.6 is 11.3 Å². The van der Waals surface area contributed by atoms with Crippen molar-refractivity contribution >= 4 is 22.9 Å². The van der Waals surface area contributed by atoms with Gasteiger partial charge in [0.1, 0.15) is 6.04 Å². The van der Waals surface area contributed by atoms with Crippen LogP contribution in [0.1, 0.15) is 53.8 Å². The van der Waals surface area contributed by atoms with E-state index >= 15 is 0 Å². The highest BCUT2D eigenvalue weighted by molar-refractivity contribution is 7.10. The zero-order valence-electron chi connectivity index (χ0n) is 17.5. The number of rotatable bonds is 9. The molecule has 2 aromatic carbocycles. The summed E-state index contributed by atoms with van der Waals surface area (Å²) in [5.41, 5.74) is 4.25. The second kappa shape index (κ2) is 10.7. The van der Waals surface area contributed by atoms with E-state index in [2.05, 4.69) is 72.3 Å². The summed E-state index contributed by atoms with van der Waals surface area (Å²) in [6.07, 6.45) is 1.50. The van der Waals surface area contributed by atoms with Crippen molar-refractivity contribution in [3.8, 4) is 6.07 Å². The SMILES string of the molecule is CC[C@@H](C)c1ccc([C@@H]([NH2+]CC(=O)Nc2ccc(CC#N)cc2)c2cccs2)cc1. The van der Waals surface area contributed by atoms with Crippen LogP contribution in [0.3, 0.4) is 0 Å². The minimum absolute atomic E-state index is 0.0409. The van der Waals surface area contributed by atoms with E-state index in [1.165, 1.54) is 16.0 Å². The molecular formula is C25H28N3OS+. The lowest BCUT2D eigenvalue weighted by atomic mass is 9.95. The van der Waals surface area contributed by atoms with Crippen molar-refractivity contribution in [3.05, 3.63) is 87.6 Å². The Morgan fingerprint density at radius 1 is 1.10 bits per heavy atom. The van der Waals surface area contributed by atoms with E-state index in [-0.39, 0.29) is 11.9 Å². The van der Waals surface area contributed by atoms with Crippen molar-refractivity contribution in [2.45, 2.75) is 38.6 Å². The summed E-state index contributed by atoms with van der Waals surface area (Å²) in [5.74, 6) is 0.509. The normalized spacial score (nSPS) is 12.7. The van der Waals surface area contributed by atoms with E-state index in [9.17, 15) is 4.79 Å². The Hall–Kier alpha value is -2.94. The van der Waals surface area contributed by atoms with E-state index in [1.807, 2.05) is 24.3 Å². The van der Waals surface area contributed by atoms with Crippen LogP contribution in [-0.4, -0.2) is 12.5 Å². The molecule has 0 saturated carbocycles. The van der Waals surface area contributed by atoms with Gasteiger partial charge < -0.3 is 10.6 Å². The molecule has 3 rings (SSSR count). The Morgan fingerprint density at radius 2 is 1.80 bits per heavy atom. The molecular weight excluding hydrogens is 390 g/mol. The lowest BCUT2D eigenvalue weighted by molar-refractivity contribution is -0.675. The first kappa shape index (κ1) is 21.8. The Bertz CT molecular complexity index is 973. The fourth-order valence-corrected chi connectivity index (χ4v) is 4.24. The van der Waals surface area contributed by atoms with Crippen molar-refractivity contribution in [2.24, 2.45) is 0 Å². The topological polar surface area (TPSA) is 69.5 Å². The number of nitrogens with two attached hydrogens (primary N) is 1. The molecule has 0 aliphatic carbocycles. The number of hydrogen-bond acceptors (Lipinski definition) is 3. The van der Waals surface area contributed by atoms with Crippen molar-refractivity contribution in [1.29, 1.82) is 5.26 Å². The van der Waals surface area contributed by atoms with E-state index in [0.717, 1.165) is 17.7 Å². The van der Waals surface area contributed by atoms with Crippen LogP contribution in [0, 0.1) is 11.3 Å². The average Bonchev–Trinajstić information content (AvgIpc) is 3.30. The highest BCUT2D eigenvalue weighted by Crippen LogP contribution is 2.25. The summed E-state index contributed by atoms with van der Waals surface area (Å²) in [6, 6.07) is 22.6. The molecule has 0 fully saturated rings. The number of nitriles is 1. The van der Waals surface area contributed by atoms with Crippen LogP contribution in [0.15, 0.2) is 66.0 Å². The Labute approximate surface area is 182 Å². The number of nitrogens with one attached hydrogen (secondary N) is 1. The maximum absolute atomic E-state index is 12.5. The van der Waals surface area contributed by atoms with E-state index < -0.39 is 0 Å². The van der Waals surface area contributed by atoms with Crippen LogP contribution in [-0.2, 0) is 11.2 Å². The molecule has 1 aromatic heterocycles. The molecule has 154 valence electrons. The zero-order valence-corrected chi connectivity index (χ0v) is 18.3. The van der Waals surface area contributed by atoms with Gasteiger partial charge in [-0.1, -0.05) is 56.3 Å². The first-order chi connectivity index (χ1) is 14.6. The summed E-state index contributed by atoms with van der Waals surface area (Å²) in [6.45, 7) is 4.78. The van der Waals surface area contributed by atoms with E-state index in [4.69, 9.17) is 5.26 Å². The number of benzene rings is 2. The Kier molecular flexibility index (Phi) is 7.78. The number of thiophene rings is 1. The monoisotopic (exact) mass is 418 g/mol. The fraction of sp³-hybridized carbons (Fsp3) is 0.280. The van der Waals surface area contributed by atoms with Gasteiger partial charge in [0.05, 0.1) is 17.4 Å². The molecule has 0 spiro atoms. The molecule has 0 bridgehead atoms. The number of amides is 1. The number of quaternary nitrogens is 1. The van der Waals surface area contributed by atoms with Gasteiger partial charge in [-0.3, -0.25) is 4.79 Å². The number of carbonyl (C=O) groups excluding carboxylic acids is 1. The van der Waals surface area contributed by atoms with Crippen LogP contribution < -0.4 is 10.6 Å². The molecule has 0 aliphatic heterocycles. The molecule has 5 heteroatoms. The Balaban J connectivity index is 1.66. The Morgan fingerprint density at radius 3 is 2.40 bits per heavy atom. The van der Waals surface area contributed by atoms with Crippen LogP contribution in [0.2, 0.25) is 0 Å². The van der Waals surface area contributed by atoms with E-state index in [0.29, 0.717) is 18.9 Å². The predicted octanol–water partition coefficient (Wildman–Crippen LogP) is 4.62. The zero-order chi connectivity index (χ0) is 21.3. The molecule has 1 amide bonds. The third kappa shape index (κ3) is 5.79. The number of carbonyl (C=O) groups is 1. The van der Waals surface area contributed by atoms with Gasteiger partial charge in [0.2, 0.25) is 0 Å². The van der Waals surface area contributed by atoms with Crippen LogP contribution in [0.25, 0.3) is 0 Å². The molecule has 0 aliphatic rings. The maximum atomic E-state index is 12.5. The molecule has 3 N–H and O–H groups in total. The van der Waals surface area contributed by atoms with Crippen molar-refractivity contribution < 1.29 is 10.1 Å². The molecule has 0 saturated heterocycles. The first-order valence-electron chi connectivity index (χ1n) is 10.3. The van der Waals surface area contributed by atoms with Crippen LogP contribution in [0.5, 0.6) is 0 Å². The largest absolute Gasteiger partial charge is 0.328 e. The summed E-state index contributed by atoms with van der Waals surface area (Å²) in [4.78, 5) is 13.8. The molecule has 30 heavy (non-hydrogen) atoms. The molecule has 1 heterocycles. The van der Waals surface area contributed by atoms with Crippen molar-refractivity contribution in [1.82, 2.24) is 0 Å². The van der Waals surface area contributed by atoms with Crippen LogP contribution in [0.4, 0.5) is 5.69 Å². The van der Waals surface area contributed by atoms with Gasteiger partial charge in [0, 0.05) is 11.3 Å². The van der Waals surface area contributed by atoms with Crippen molar-refractivity contribution in [3.63, 3.8) is 0 Å². The summed E-state index contributed by atoms with van der Waals surface area (Å²) in [5, 5.41) is 15.9. The quantitative estimate of drug-likeness (QED) is 0.532. The second-order valence-electron chi connectivity index (χ2n) is 7.49. The molecule has 3 aromatic rings. The van der Waals surface area contributed by atoms with Gasteiger partial charge >= 0.3 is 0 Å². The van der Waals surface area contributed by atoms with Gasteiger partial charge in [-0.25, -0.2) is 0 Å². The highest BCUT2D eigenvalue weighted by Gasteiger charge is 2.20. The summed E-state index contributed by atoms with van der Waals surface area (Å²) < 4.78 is 0. The lowest BCUT2D eigenvalue weighted by Gasteiger charge is -2.16. The van der Waals surface area contributed by atoms with Gasteiger partial charge in [-0.15, -0.1) is 11.3 Å². The predicted molar refractivity (Wildman–Crippen MR) is 122 cm³/mol. The number of hydrogen-bond donors (Lipinski definition) is 2. The average molecular weight is 419 g/mol. The first-order valence-corrected chi connectivity index (χ1v) is 11.2. The highest BCUT2D eigenvalue weighted by atomic mass is 32.1. The minimum Gasteiger partial charge on any atom is -0.328 e. The van der Waals surface area contributed by atoms with Gasteiger partial charge in [-0.05, 0) is 47.0 Å². The fourth-order valence-electron chi connectivity index (χ4n) is 3.39. The summed E-state index contributed by atoms with van der Waals surface area (Å²) in [7, 11) is 0. The third-order valence-corrected chi connectivity index (χ3v) is 6.34. The molecule has 0 radical (unpaired) electrons. The lowest BCUT2D eigenvalue weighted by Crippen LogP contribution is -2.87. The molecule has 2 atom stereocenters. The minimum atomic E-state index is -0.0409. The van der Waals surface area contributed by atoms with Gasteiger partial charge in [0.25, 0.3) is 5.91 Å². The molecule has 4 nitrogen and oxygen atoms in total. The standard InChI is InChI=1S/C25H27N3OS/c1-3-18(2)20-8-10-21(11-9-20)25(23-5-4-16-30-23)27-17-24(29)28-22-12-6-19(7-13-22)14-15-26/h4-13,16,18,25,27H,3,14,17H2,1-2H3,(H,28,29)/p+1/t18-,25-/m1/s1. The smallest absolute Gasteiger partial charge is 0.279 e. The molecule has 0 unspecified atom stereocenters. The number of nitrogens with zero attached hydrogens (tertiary/aromatic N) is 1. The van der Waals surface area contributed by atoms with Gasteiger partial charge in [-0.2, -0.15) is 5.26 Å². The second-order valence-corrected chi connectivity index (χ2v) is 8.47. The van der Waals surface area contributed by atoms with E-state index in [1.54, 1.807) is 11.3 Å². The maximum Gasteiger partial charge on any atom is 0.279 e. The number of anilines is 1. The third-order valence-electron chi connectivity index (χ3n) is 5.39. The van der Waals surface area contributed by atoms with Crippen molar-refractivity contribution in [2.75, 3.05) is 11.9 Å². The van der Waals surface area contributed by atoms with Gasteiger partial charge in [0.15, 0.2) is 6.54 Å².